The predicted octanol–water partition coefficient (Wildman–Crippen LogP) is 4.31. The van der Waals surface area contributed by atoms with Gasteiger partial charge in [-0.3, -0.25) is 0 Å². The molecule has 0 aromatic heterocycles. The molecule has 0 aromatic carbocycles. The van der Waals surface area contributed by atoms with Crippen LogP contribution in [0.1, 0.15) is 60.8 Å². The fourth-order valence-corrected chi connectivity index (χ4v) is 4.00. The third-order valence-electron chi connectivity index (χ3n) is 5.02. The standard InChI is InChI=1S/C15H28O/c1-10-7-8-12(3)15(5,6)14(10)11(2)9-13(4)16/h10-12,14H,7-9H2,1-6H3/t10?,11?,12?,14-/m0/s1. The first-order chi connectivity index (χ1) is 7.26. The van der Waals surface area contributed by atoms with Crippen LogP contribution in [-0.4, -0.2) is 5.78 Å². The number of carbonyl (C=O) groups excluding carboxylic acids is 1. The van der Waals surface area contributed by atoms with Gasteiger partial charge >= 0.3 is 0 Å². The molecular formula is C15H28O. The van der Waals surface area contributed by atoms with E-state index in [0.717, 1.165) is 18.3 Å². The Hall–Kier alpha value is -0.330. The van der Waals surface area contributed by atoms with Crippen LogP contribution in [0.4, 0.5) is 0 Å². The molecule has 1 fully saturated rings. The number of Topliss-reactive ketones (excluding diaryl/α,β-unsaturated/α-hetero) is 1. The van der Waals surface area contributed by atoms with Crippen LogP contribution < -0.4 is 0 Å². The Morgan fingerprint density at radius 1 is 1.31 bits per heavy atom. The fraction of sp³-hybridized carbons (Fsp3) is 0.933. The molecule has 0 N–H and O–H groups in total. The lowest BCUT2D eigenvalue weighted by molar-refractivity contribution is -0.119. The number of hydrogen-bond donors (Lipinski definition) is 0. The molecule has 94 valence electrons. The summed E-state index contributed by atoms with van der Waals surface area (Å²) in [4.78, 5) is 11.3. The van der Waals surface area contributed by atoms with E-state index in [-0.39, 0.29) is 0 Å². The Labute approximate surface area is 101 Å². The molecule has 0 radical (unpaired) electrons. The maximum absolute atomic E-state index is 11.3. The van der Waals surface area contributed by atoms with Crippen LogP contribution in [0.25, 0.3) is 0 Å². The van der Waals surface area contributed by atoms with Gasteiger partial charge in [0.2, 0.25) is 0 Å². The van der Waals surface area contributed by atoms with Crippen LogP contribution in [0.5, 0.6) is 0 Å². The molecule has 0 aromatic rings. The summed E-state index contributed by atoms with van der Waals surface area (Å²) in [5.41, 5.74) is 0.381. The smallest absolute Gasteiger partial charge is 0.130 e. The van der Waals surface area contributed by atoms with Gasteiger partial charge in [0, 0.05) is 6.42 Å². The van der Waals surface area contributed by atoms with Crippen LogP contribution in [-0.2, 0) is 4.79 Å². The van der Waals surface area contributed by atoms with E-state index in [4.69, 9.17) is 0 Å². The fourth-order valence-electron chi connectivity index (χ4n) is 4.00. The molecule has 0 heterocycles. The second-order valence-corrected chi connectivity index (χ2v) is 6.69. The molecule has 4 atom stereocenters. The third kappa shape index (κ3) is 2.67. The molecule has 1 heteroatoms. The van der Waals surface area contributed by atoms with Gasteiger partial charge in [0.15, 0.2) is 0 Å². The zero-order valence-electron chi connectivity index (χ0n) is 11.8. The van der Waals surface area contributed by atoms with Crippen molar-refractivity contribution in [1.82, 2.24) is 0 Å². The topological polar surface area (TPSA) is 17.1 Å². The minimum atomic E-state index is 0.341. The molecule has 0 bridgehead atoms. The Morgan fingerprint density at radius 3 is 2.38 bits per heavy atom. The summed E-state index contributed by atoms with van der Waals surface area (Å²) >= 11 is 0. The van der Waals surface area contributed by atoms with Gasteiger partial charge in [0.25, 0.3) is 0 Å². The molecule has 3 unspecified atom stereocenters. The lowest BCUT2D eigenvalue weighted by Crippen LogP contribution is -2.43. The minimum absolute atomic E-state index is 0.341. The second-order valence-electron chi connectivity index (χ2n) is 6.69. The van der Waals surface area contributed by atoms with Gasteiger partial charge in [0.05, 0.1) is 0 Å². The van der Waals surface area contributed by atoms with Crippen molar-refractivity contribution >= 4 is 5.78 Å². The van der Waals surface area contributed by atoms with Gasteiger partial charge < -0.3 is 4.79 Å². The van der Waals surface area contributed by atoms with Gasteiger partial charge in [-0.25, -0.2) is 0 Å². The summed E-state index contributed by atoms with van der Waals surface area (Å²) in [6, 6.07) is 0. The zero-order chi connectivity index (χ0) is 12.5. The van der Waals surface area contributed by atoms with Gasteiger partial charge in [-0.2, -0.15) is 0 Å². The average Bonchev–Trinajstić information content (AvgIpc) is 2.10. The summed E-state index contributed by atoms with van der Waals surface area (Å²) in [6.07, 6.45) is 3.43. The van der Waals surface area contributed by atoms with Crippen molar-refractivity contribution in [3.8, 4) is 0 Å². The first-order valence-corrected chi connectivity index (χ1v) is 6.76. The van der Waals surface area contributed by atoms with Crippen molar-refractivity contribution in [3.63, 3.8) is 0 Å². The monoisotopic (exact) mass is 224 g/mol. The van der Waals surface area contributed by atoms with Gasteiger partial charge in [-0.05, 0) is 42.4 Å². The van der Waals surface area contributed by atoms with Crippen molar-refractivity contribution in [3.05, 3.63) is 0 Å². The number of hydrogen-bond acceptors (Lipinski definition) is 1. The van der Waals surface area contributed by atoms with Crippen LogP contribution in [0.2, 0.25) is 0 Å². The lowest BCUT2D eigenvalue weighted by atomic mass is 9.55. The highest BCUT2D eigenvalue weighted by atomic mass is 16.1. The SMILES string of the molecule is CC(=O)CC(C)[C@@H]1C(C)CCC(C)C1(C)C. The van der Waals surface area contributed by atoms with Gasteiger partial charge in [-0.15, -0.1) is 0 Å². The van der Waals surface area contributed by atoms with Crippen molar-refractivity contribution in [2.75, 3.05) is 0 Å². The molecule has 0 saturated heterocycles. The Balaban J connectivity index is 2.84. The normalized spacial score (nSPS) is 35.8. The Bertz CT molecular complexity index is 254. The zero-order valence-corrected chi connectivity index (χ0v) is 11.8. The molecule has 16 heavy (non-hydrogen) atoms. The highest BCUT2D eigenvalue weighted by Gasteiger charge is 2.43. The molecule has 0 amide bonds. The summed E-state index contributed by atoms with van der Waals surface area (Å²) in [5.74, 6) is 3.11. The van der Waals surface area contributed by atoms with E-state index in [9.17, 15) is 4.79 Å². The predicted molar refractivity (Wildman–Crippen MR) is 69.3 cm³/mol. The third-order valence-corrected chi connectivity index (χ3v) is 5.02. The Kier molecular flexibility index (Phi) is 4.20. The molecular weight excluding hydrogens is 196 g/mol. The van der Waals surface area contributed by atoms with E-state index < -0.39 is 0 Å². The quantitative estimate of drug-likeness (QED) is 0.698. The highest BCUT2D eigenvalue weighted by Crippen LogP contribution is 2.51. The second kappa shape index (κ2) is 4.89. The first-order valence-electron chi connectivity index (χ1n) is 6.76. The van der Waals surface area contributed by atoms with E-state index in [1.807, 2.05) is 0 Å². The van der Waals surface area contributed by atoms with E-state index in [0.29, 0.717) is 23.0 Å². The van der Waals surface area contributed by atoms with Crippen LogP contribution in [0, 0.1) is 29.1 Å². The average molecular weight is 224 g/mol. The van der Waals surface area contributed by atoms with Gasteiger partial charge in [-0.1, -0.05) is 41.0 Å². The molecule has 1 nitrogen and oxygen atoms in total. The van der Waals surface area contributed by atoms with E-state index in [1.165, 1.54) is 12.8 Å². The number of ketones is 1. The largest absolute Gasteiger partial charge is 0.300 e. The molecule has 1 saturated carbocycles. The lowest BCUT2D eigenvalue weighted by Gasteiger charge is -2.50. The van der Waals surface area contributed by atoms with Crippen LogP contribution in [0.3, 0.4) is 0 Å². The number of rotatable bonds is 3. The van der Waals surface area contributed by atoms with Crippen molar-refractivity contribution in [1.29, 1.82) is 0 Å². The van der Waals surface area contributed by atoms with Gasteiger partial charge in [0.1, 0.15) is 5.78 Å². The van der Waals surface area contributed by atoms with Crippen LogP contribution >= 0.6 is 0 Å². The van der Waals surface area contributed by atoms with Crippen molar-refractivity contribution in [2.24, 2.45) is 29.1 Å². The summed E-state index contributed by atoms with van der Waals surface area (Å²) < 4.78 is 0. The summed E-state index contributed by atoms with van der Waals surface area (Å²) in [6.45, 7) is 13.5. The van der Waals surface area contributed by atoms with Crippen LogP contribution in [0.15, 0.2) is 0 Å². The highest BCUT2D eigenvalue weighted by molar-refractivity contribution is 5.75. The van der Waals surface area contributed by atoms with Crippen molar-refractivity contribution in [2.45, 2.75) is 60.8 Å². The molecule has 1 rings (SSSR count). The molecule has 1 aliphatic rings. The molecule has 1 aliphatic carbocycles. The molecule has 0 spiro atoms. The molecule has 0 aliphatic heterocycles. The van der Waals surface area contributed by atoms with E-state index in [2.05, 4.69) is 34.6 Å². The van der Waals surface area contributed by atoms with E-state index >= 15 is 0 Å². The summed E-state index contributed by atoms with van der Waals surface area (Å²) in [7, 11) is 0. The van der Waals surface area contributed by atoms with Crippen molar-refractivity contribution < 1.29 is 4.79 Å². The minimum Gasteiger partial charge on any atom is -0.300 e. The number of carbonyl (C=O) groups is 1. The maximum Gasteiger partial charge on any atom is 0.130 e. The summed E-state index contributed by atoms with van der Waals surface area (Å²) in [5, 5.41) is 0. The maximum atomic E-state index is 11.3. The van der Waals surface area contributed by atoms with E-state index in [1.54, 1.807) is 6.92 Å². The first kappa shape index (κ1) is 13.7. The Morgan fingerprint density at radius 2 is 1.88 bits per heavy atom.